The van der Waals surface area contributed by atoms with Crippen LogP contribution in [-0.2, 0) is 11.3 Å². The Morgan fingerprint density at radius 1 is 1.18 bits per heavy atom. The number of piperidine rings is 1. The molecule has 4 heterocycles. The van der Waals surface area contributed by atoms with E-state index in [2.05, 4.69) is 81.1 Å². The van der Waals surface area contributed by atoms with Gasteiger partial charge >= 0.3 is 6.09 Å². The highest BCUT2D eigenvalue weighted by Gasteiger charge is 2.30. The summed E-state index contributed by atoms with van der Waals surface area (Å²) in [7, 11) is 0. The third-order valence-corrected chi connectivity index (χ3v) is 8.05. The van der Waals surface area contributed by atoms with E-state index in [9.17, 15) is 4.79 Å². The van der Waals surface area contributed by atoms with Crippen molar-refractivity contribution >= 4 is 33.8 Å². The molecule has 4 aromatic rings. The van der Waals surface area contributed by atoms with Crippen molar-refractivity contribution in [1.29, 1.82) is 0 Å². The maximum absolute atomic E-state index is 12.9. The number of aromatic amines is 1. The van der Waals surface area contributed by atoms with E-state index in [0.717, 1.165) is 68.0 Å². The number of hydrogen-bond donors (Lipinski definition) is 2. The van der Waals surface area contributed by atoms with Gasteiger partial charge < -0.3 is 4.74 Å². The van der Waals surface area contributed by atoms with Crippen LogP contribution < -0.4 is 5.32 Å². The first kappa shape index (κ1) is 26.2. The van der Waals surface area contributed by atoms with E-state index in [4.69, 9.17) is 4.74 Å². The minimum atomic E-state index is -0.432. The average Bonchev–Trinajstić information content (AvgIpc) is 3.55. The Bertz CT molecular complexity index is 1350. The highest BCUT2D eigenvalue weighted by atomic mass is 16.5. The standard InChI is InChI=1S/C30H40N6O2/c1-4-6-10-22(5-2)20-38-30(37)33-29-25-17-32-28-24(13-15-31-28)27(25)36(34-29)26-19-35(16-14-21(26)3)18-23-11-8-7-9-12-23/h7-9,11-13,15,17,21-22,26,34H,4-6,10,14,16,18-20H2,1-3H3,(H,33,37)/t21-,22-,26-/m0/s1. The molecule has 202 valence electrons. The van der Waals surface area contributed by atoms with Gasteiger partial charge in [-0.15, -0.1) is 0 Å². The van der Waals surface area contributed by atoms with Crippen LogP contribution in [0.25, 0.3) is 21.9 Å². The number of benzene rings is 1. The summed E-state index contributed by atoms with van der Waals surface area (Å²) in [4.78, 5) is 24.4. The van der Waals surface area contributed by atoms with Gasteiger partial charge in [0.1, 0.15) is 5.82 Å². The molecule has 1 aliphatic rings. The number of unbranched alkanes of at least 4 members (excludes halogenated alkanes) is 1. The Labute approximate surface area is 224 Å². The van der Waals surface area contributed by atoms with Gasteiger partial charge in [-0.2, -0.15) is 0 Å². The summed E-state index contributed by atoms with van der Waals surface area (Å²) in [5.74, 6) is 1.47. The number of nitrogens with zero attached hydrogens (tertiary/aromatic N) is 4. The predicted molar refractivity (Wildman–Crippen MR) is 152 cm³/mol. The molecule has 38 heavy (non-hydrogen) atoms. The van der Waals surface area contributed by atoms with Crippen molar-refractivity contribution in [3.63, 3.8) is 0 Å². The van der Waals surface area contributed by atoms with Crippen LogP contribution in [0.1, 0.15) is 64.5 Å². The highest BCUT2D eigenvalue weighted by Crippen LogP contribution is 2.36. The second-order valence-corrected chi connectivity index (χ2v) is 10.8. The zero-order valence-corrected chi connectivity index (χ0v) is 22.8. The van der Waals surface area contributed by atoms with Crippen molar-refractivity contribution in [3.05, 3.63) is 54.4 Å². The molecule has 1 saturated heterocycles. The second-order valence-electron chi connectivity index (χ2n) is 10.8. The molecule has 1 aromatic carbocycles. The summed E-state index contributed by atoms with van der Waals surface area (Å²) >= 11 is 0. The van der Waals surface area contributed by atoms with E-state index >= 15 is 0 Å². The van der Waals surface area contributed by atoms with Crippen molar-refractivity contribution < 1.29 is 9.53 Å². The fraction of sp³-hybridized carbons (Fsp3) is 0.500. The Morgan fingerprint density at radius 2 is 2.03 bits per heavy atom. The molecule has 1 amide bonds. The Balaban J connectivity index is 1.41. The van der Waals surface area contributed by atoms with E-state index in [0.29, 0.717) is 29.9 Å². The molecule has 0 bridgehead atoms. The number of pyridine rings is 1. The number of likely N-dealkylation sites (tertiary alicyclic amines) is 1. The van der Waals surface area contributed by atoms with Crippen LogP contribution >= 0.6 is 0 Å². The van der Waals surface area contributed by atoms with Crippen LogP contribution in [0.2, 0.25) is 0 Å². The van der Waals surface area contributed by atoms with E-state index in [1.54, 1.807) is 12.4 Å². The van der Waals surface area contributed by atoms with Crippen LogP contribution in [0.15, 0.2) is 48.8 Å². The normalized spacial score (nSPS) is 19.1. The number of carbonyl (C=O) groups is 1. The molecule has 3 atom stereocenters. The molecule has 0 saturated carbocycles. The van der Waals surface area contributed by atoms with Crippen molar-refractivity contribution in [1.82, 2.24) is 24.6 Å². The van der Waals surface area contributed by atoms with Crippen LogP contribution in [0.3, 0.4) is 0 Å². The summed E-state index contributed by atoms with van der Waals surface area (Å²) < 4.78 is 7.89. The van der Waals surface area contributed by atoms with Crippen molar-refractivity contribution in [2.75, 3.05) is 25.0 Å². The summed E-state index contributed by atoms with van der Waals surface area (Å²) in [6, 6.07) is 12.9. The molecular formula is C30H40N6O2. The van der Waals surface area contributed by atoms with Gasteiger partial charge in [0.25, 0.3) is 0 Å². The number of carbonyl (C=O) groups excluding carboxylic acids is 1. The van der Waals surface area contributed by atoms with E-state index < -0.39 is 6.09 Å². The molecule has 8 heteroatoms. The largest absolute Gasteiger partial charge is 0.449 e. The van der Waals surface area contributed by atoms with Crippen molar-refractivity contribution in [2.45, 2.75) is 65.5 Å². The van der Waals surface area contributed by atoms with E-state index in [1.165, 1.54) is 5.56 Å². The van der Waals surface area contributed by atoms with Gasteiger partial charge in [0.15, 0.2) is 5.65 Å². The van der Waals surface area contributed by atoms with Gasteiger partial charge in [0.05, 0.1) is 23.6 Å². The monoisotopic (exact) mass is 516 g/mol. The molecule has 8 nitrogen and oxygen atoms in total. The number of anilines is 1. The second kappa shape index (κ2) is 12.0. The van der Waals surface area contributed by atoms with E-state index in [-0.39, 0.29) is 6.04 Å². The first-order valence-electron chi connectivity index (χ1n) is 14.1. The Kier molecular flexibility index (Phi) is 8.27. The number of amides is 1. The third kappa shape index (κ3) is 5.70. The number of fused-ring (bicyclic) bond motifs is 3. The van der Waals surface area contributed by atoms with Gasteiger partial charge in [-0.3, -0.25) is 20.0 Å². The molecule has 0 radical (unpaired) electrons. The molecule has 0 unspecified atom stereocenters. The zero-order chi connectivity index (χ0) is 26.5. The lowest BCUT2D eigenvalue weighted by atomic mass is 9.93. The number of hydrogen-bond acceptors (Lipinski definition) is 5. The lowest BCUT2D eigenvalue weighted by molar-refractivity contribution is 0.122. The van der Waals surface area contributed by atoms with Crippen LogP contribution in [-0.4, -0.2) is 50.4 Å². The molecule has 2 N–H and O–H groups in total. The smallest absolute Gasteiger partial charge is 0.412 e. The number of H-pyrrole nitrogens is 1. The van der Waals surface area contributed by atoms with Gasteiger partial charge in [-0.05, 0) is 42.9 Å². The number of aromatic nitrogens is 4. The fourth-order valence-electron chi connectivity index (χ4n) is 5.63. The maximum atomic E-state index is 12.9. The Morgan fingerprint density at radius 3 is 2.82 bits per heavy atom. The number of rotatable bonds is 10. The molecule has 0 aliphatic carbocycles. The van der Waals surface area contributed by atoms with Gasteiger partial charge in [-0.1, -0.05) is 70.4 Å². The van der Waals surface area contributed by atoms with Gasteiger partial charge in [0.2, 0.25) is 0 Å². The maximum Gasteiger partial charge on any atom is 0.412 e. The molecule has 5 rings (SSSR count). The summed E-state index contributed by atoms with van der Waals surface area (Å²) in [6.07, 6.45) is 8.65. The first-order valence-corrected chi connectivity index (χ1v) is 14.1. The Hall–Kier alpha value is -3.39. The highest BCUT2D eigenvalue weighted by molar-refractivity contribution is 6.08. The lowest BCUT2D eigenvalue weighted by Crippen LogP contribution is -2.40. The van der Waals surface area contributed by atoms with Crippen molar-refractivity contribution in [2.24, 2.45) is 11.8 Å². The molecule has 3 aromatic heterocycles. The summed E-state index contributed by atoms with van der Waals surface area (Å²) in [6.45, 7) is 9.99. The minimum Gasteiger partial charge on any atom is -0.449 e. The van der Waals surface area contributed by atoms with Gasteiger partial charge in [0, 0.05) is 30.9 Å². The zero-order valence-electron chi connectivity index (χ0n) is 22.8. The molecule has 1 fully saturated rings. The SMILES string of the molecule is CCCC[C@H](CC)COC(=O)Nc1[nH]n([C@H]2CN(Cc3ccccc3)CC[C@@H]2C)c2c1cnc1nccc12. The molecule has 0 spiro atoms. The topological polar surface area (TPSA) is 88.1 Å². The third-order valence-electron chi connectivity index (χ3n) is 8.05. The quantitative estimate of drug-likeness (QED) is 0.243. The fourth-order valence-corrected chi connectivity index (χ4v) is 5.63. The van der Waals surface area contributed by atoms with Crippen molar-refractivity contribution in [3.8, 4) is 0 Å². The van der Waals surface area contributed by atoms with E-state index in [1.807, 2.05) is 6.07 Å². The lowest BCUT2D eigenvalue weighted by Gasteiger charge is -2.38. The van der Waals surface area contributed by atoms with Crippen LogP contribution in [0.5, 0.6) is 0 Å². The van der Waals surface area contributed by atoms with Gasteiger partial charge in [-0.25, -0.2) is 14.8 Å². The molecular weight excluding hydrogens is 476 g/mol. The summed E-state index contributed by atoms with van der Waals surface area (Å²) in [5, 5.41) is 8.38. The minimum absolute atomic E-state index is 0.209. The summed E-state index contributed by atoms with van der Waals surface area (Å²) in [5.41, 5.74) is 3.06. The number of nitrogens with one attached hydrogen (secondary N) is 2. The molecule has 1 aliphatic heterocycles. The average molecular weight is 517 g/mol. The first-order chi connectivity index (χ1) is 18.6. The van der Waals surface area contributed by atoms with Crippen LogP contribution in [0, 0.1) is 11.8 Å². The number of ether oxygens (including phenoxy) is 1. The predicted octanol–water partition coefficient (Wildman–Crippen LogP) is 6.76. The van der Waals surface area contributed by atoms with Crippen LogP contribution in [0.4, 0.5) is 10.6 Å².